The van der Waals surface area contributed by atoms with E-state index in [1.165, 1.54) is 63.0 Å². The summed E-state index contributed by atoms with van der Waals surface area (Å²) in [6, 6.07) is 21.6. The van der Waals surface area contributed by atoms with Crippen molar-refractivity contribution in [3.8, 4) is 6.07 Å². The third-order valence-electron chi connectivity index (χ3n) is 6.03. The molecule has 1 nitrogen and oxygen atoms in total. The Kier molecular flexibility index (Phi) is 10.6. The topological polar surface area (TPSA) is 23.8 Å². The molecule has 154 valence electrons. The molecule has 2 aromatic carbocycles. The molecule has 0 aromatic heterocycles. The molecule has 0 amide bonds. The summed E-state index contributed by atoms with van der Waals surface area (Å²) in [6.45, 7) is 7.00. The zero-order valence-corrected chi connectivity index (χ0v) is 21.4. The molecule has 29 heavy (non-hydrogen) atoms. The van der Waals surface area contributed by atoms with Crippen LogP contribution in [-0.2, 0) is 0 Å². The molecule has 0 atom stereocenters. The van der Waals surface area contributed by atoms with Crippen LogP contribution in [0.2, 0.25) is 13.3 Å². The molecule has 2 rings (SSSR count). The van der Waals surface area contributed by atoms with Gasteiger partial charge in [-0.2, -0.15) is 0 Å². The summed E-state index contributed by atoms with van der Waals surface area (Å²) in [4.78, 5) is 0. The van der Waals surface area contributed by atoms with E-state index >= 15 is 0 Å². The van der Waals surface area contributed by atoms with Crippen LogP contribution in [0.5, 0.6) is 0 Å². The molecule has 0 aliphatic rings. The molecule has 0 unspecified atom stereocenters. The fourth-order valence-electron chi connectivity index (χ4n) is 4.31. The molecule has 0 radical (unpaired) electrons. The first-order valence-electron chi connectivity index (χ1n) is 11.5. The number of rotatable bonds is 12. The van der Waals surface area contributed by atoms with Gasteiger partial charge in [0.2, 0.25) is 0 Å². The predicted octanol–water partition coefficient (Wildman–Crippen LogP) is 8.49. The SMILES string of the molecule is CCC[CH2][Sn]([CH2]CCC)([CH2]CCC)/[C](=C/c1ccccc1)c1ccc(C#N)cc1. The second kappa shape index (κ2) is 12.9. The van der Waals surface area contributed by atoms with Crippen LogP contribution in [0, 0.1) is 11.3 Å². The van der Waals surface area contributed by atoms with Crippen molar-refractivity contribution in [2.75, 3.05) is 0 Å². The first-order chi connectivity index (χ1) is 14.2. The van der Waals surface area contributed by atoms with Crippen molar-refractivity contribution >= 4 is 28.0 Å². The van der Waals surface area contributed by atoms with E-state index in [0.29, 0.717) is 0 Å². The van der Waals surface area contributed by atoms with Crippen molar-refractivity contribution in [2.45, 2.75) is 72.6 Å². The van der Waals surface area contributed by atoms with Crippen molar-refractivity contribution in [3.63, 3.8) is 0 Å². The summed E-state index contributed by atoms with van der Waals surface area (Å²) >= 11 is -2.61. The summed E-state index contributed by atoms with van der Waals surface area (Å²) in [7, 11) is 0. The third-order valence-corrected chi connectivity index (χ3v) is 21.8. The van der Waals surface area contributed by atoms with Gasteiger partial charge in [0.1, 0.15) is 0 Å². The normalized spacial score (nSPS) is 12.0. The Morgan fingerprint density at radius 3 is 1.76 bits per heavy atom. The fraction of sp³-hybridized carbons (Fsp3) is 0.444. The Balaban J connectivity index is 2.62. The molecule has 0 saturated heterocycles. The van der Waals surface area contributed by atoms with E-state index in [-0.39, 0.29) is 0 Å². The molecule has 0 aliphatic carbocycles. The van der Waals surface area contributed by atoms with Gasteiger partial charge in [-0.3, -0.25) is 0 Å². The van der Waals surface area contributed by atoms with E-state index in [1.54, 1.807) is 3.59 Å². The van der Waals surface area contributed by atoms with E-state index in [0.717, 1.165) is 5.56 Å². The summed E-state index contributed by atoms with van der Waals surface area (Å²) in [5.41, 5.74) is 3.44. The number of nitriles is 1. The second-order valence-corrected chi connectivity index (χ2v) is 21.4. The van der Waals surface area contributed by atoms with Crippen LogP contribution in [0.25, 0.3) is 9.67 Å². The molecule has 0 bridgehead atoms. The van der Waals surface area contributed by atoms with Crippen LogP contribution in [0.3, 0.4) is 0 Å². The Morgan fingerprint density at radius 1 is 0.793 bits per heavy atom. The number of benzene rings is 2. The van der Waals surface area contributed by atoms with Gasteiger partial charge >= 0.3 is 183 Å². The summed E-state index contributed by atoms with van der Waals surface area (Å²) in [5.74, 6) is 0. The van der Waals surface area contributed by atoms with E-state index in [2.05, 4.69) is 75.4 Å². The second-order valence-electron chi connectivity index (χ2n) is 8.25. The zero-order valence-electron chi connectivity index (χ0n) is 18.6. The molecular formula is C27H37NSn. The summed E-state index contributed by atoms with van der Waals surface area (Å²) < 4.78 is 6.02. The number of unbranched alkanes of at least 4 members (excludes halogenated alkanes) is 3. The molecule has 0 N–H and O–H groups in total. The maximum atomic E-state index is 9.26. The molecule has 0 spiro atoms. The summed E-state index contributed by atoms with van der Waals surface area (Å²) in [6.07, 6.45) is 10.4. The van der Waals surface area contributed by atoms with Gasteiger partial charge in [-0.05, 0) is 0 Å². The number of hydrogen-bond donors (Lipinski definition) is 0. The monoisotopic (exact) mass is 495 g/mol. The zero-order chi connectivity index (χ0) is 21.0. The van der Waals surface area contributed by atoms with E-state index < -0.39 is 18.4 Å². The van der Waals surface area contributed by atoms with E-state index in [9.17, 15) is 5.26 Å². The van der Waals surface area contributed by atoms with Crippen LogP contribution < -0.4 is 0 Å². The van der Waals surface area contributed by atoms with Gasteiger partial charge in [0.15, 0.2) is 0 Å². The van der Waals surface area contributed by atoms with E-state index in [4.69, 9.17) is 0 Å². The van der Waals surface area contributed by atoms with E-state index in [1.807, 2.05) is 12.1 Å². The molecule has 0 aliphatic heterocycles. The summed E-state index contributed by atoms with van der Waals surface area (Å²) in [5, 5.41) is 9.26. The Bertz CT molecular complexity index is 762. The van der Waals surface area contributed by atoms with Crippen molar-refractivity contribution in [2.24, 2.45) is 0 Å². The van der Waals surface area contributed by atoms with Crippen LogP contribution >= 0.6 is 0 Å². The van der Waals surface area contributed by atoms with Crippen molar-refractivity contribution in [3.05, 3.63) is 71.3 Å². The van der Waals surface area contributed by atoms with Crippen molar-refractivity contribution in [1.82, 2.24) is 0 Å². The molecule has 0 heterocycles. The number of nitrogens with zero attached hydrogens (tertiary/aromatic N) is 1. The molecule has 2 heteroatoms. The van der Waals surface area contributed by atoms with Gasteiger partial charge in [0.25, 0.3) is 0 Å². The standard InChI is InChI=1S/C15H10N.3C4H9.Sn/c16-12-15-10-8-14(9-11-15)7-6-13-4-2-1-3-5-13;3*1-3-4-2;/h1-6,8-11H;3*1,3-4H2,2H3;. The number of hydrogen-bond acceptors (Lipinski definition) is 1. The molecular weight excluding hydrogens is 457 g/mol. The Morgan fingerprint density at radius 2 is 1.31 bits per heavy atom. The fourth-order valence-corrected chi connectivity index (χ4v) is 21.1. The van der Waals surface area contributed by atoms with Gasteiger partial charge in [-0.25, -0.2) is 0 Å². The van der Waals surface area contributed by atoms with Gasteiger partial charge in [-0.1, -0.05) is 0 Å². The first kappa shape index (κ1) is 23.7. The molecule has 2 aromatic rings. The minimum absolute atomic E-state index is 0.754. The minimum atomic E-state index is -2.61. The van der Waals surface area contributed by atoms with Crippen molar-refractivity contribution < 1.29 is 0 Å². The van der Waals surface area contributed by atoms with Crippen LogP contribution in [-0.4, -0.2) is 18.4 Å². The van der Waals surface area contributed by atoms with Crippen LogP contribution in [0.15, 0.2) is 54.6 Å². The average molecular weight is 494 g/mol. The predicted molar refractivity (Wildman–Crippen MR) is 130 cm³/mol. The van der Waals surface area contributed by atoms with Crippen LogP contribution in [0.4, 0.5) is 0 Å². The first-order valence-corrected chi connectivity index (χ1v) is 18.9. The quantitative estimate of drug-likeness (QED) is 0.214. The van der Waals surface area contributed by atoms with Gasteiger partial charge in [0, 0.05) is 0 Å². The van der Waals surface area contributed by atoms with Crippen LogP contribution in [0.1, 0.15) is 76.0 Å². The Labute approximate surface area is 182 Å². The molecule has 0 saturated carbocycles. The molecule has 0 fully saturated rings. The maximum absolute atomic E-state index is 9.26. The van der Waals surface area contributed by atoms with Gasteiger partial charge in [0.05, 0.1) is 0 Å². The van der Waals surface area contributed by atoms with Gasteiger partial charge in [-0.15, -0.1) is 0 Å². The van der Waals surface area contributed by atoms with Crippen molar-refractivity contribution in [1.29, 1.82) is 5.26 Å². The average Bonchev–Trinajstić information content (AvgIpc) is 2.78. The Hall–Kier alpha value is -1.53. The third kappa shape index (κ3) is 7.03. The van der Waals surface area contributed by atoms with Gasteiger partial charge < -0.3 is 0 Å².